The van der Waals surface area contributed by atoms with Crippen LogP contribution in [-0.2, 0) is 6.42 Å². The van der Waals surface area contributed by atoms with E-state index in [0.29, 0.717) is 0 Å². The maximum atomic E-state index is 6.93. The molecule has 0 spiro atoms. The number of benzene rings is 8. The van der Waals surface area contributed by atoms with Crippen LogP contribution in [0.4, 0.5) is 0 Å². The summed E-state index contributed by atoms with van der Waals surface area (Å²) < 4.78 is 0. The molecule has 0 aliphatic heterocycles. The molecule has 0 N–H and O–H groups in total. The molecule has 0 radical (unpaired) electrons. The molecule has 0 unspecified atom stereocenters. The SMILES string of the molecule is CCc1cc(-c2ccccc2)c(-c2ccc(-c3ccc(-c4cc(-c5ccccc5)c(Cl)cc4-c4ccccc4)cc3)cc2)cc1-c1ccccc1. The second-order valence-electron chi connectivity index (χ2n) is 12.9. The Labute approximate surface area is 306 Å². The van der Waals surface area contributed by atoms with Crippen molar-refractivity contribution in [3.63, 3.8) is 0 Å². The highest BCUT2D eigenvalue weighted by Crippen LogP contribution is 2.42. The fourth-order valence-corrected chi connectivity index (χ4v) is 7.38. The van der Waals surface area contributed by atoms with Crippen molar-refractivity contribution in [2.75, 3.05) is 0 Å². The van der Waals surface area contributed by atoms with Crippen molar-refractivity contribution in [3.8, 4) is 77.9 Å². The van der Waals surface area contributed by atoms with Crippen LogP contribution in [-0.4, -0.2) is 0 Å². The molecule has 0 aromatic heterocycles. The van der Waals surface area contributed by atoms with Gasteiger partial charge < -0.3 is 0 Å². The molecule has 1 heteroatoms. The van der Waals surface area contributed by atoms with Gasteiger partial charge in [-0.3, -0.25) is 0 Å². The third-order valence-corrected chi connectivity index (χ3v) is 10.1. The maximum Gasteiger partial charge on any atom is 0.0491 e. The van der Waals surface area contributed by atoms with Crippen LogP contribution < -0.4 is 0 Å². The van der Waals surface area contributed by atoms with Crippen LogP contribution in [0.1, 0.15) is 12.5 Å². The van der Waals surface area contributed by atoms with Crippen LogP contribution >= 0.6 is 11.6 Å². The quantitative estimate of drug-likeness (QED) is 0.151. The molecule has 8 aromatic rings. The van der Waals surface area contributed by atoms with E-state index in [9.17, 15) is 0 Å². The first-order chi connectivity index (χ1) is 25.2. The Morgan fingerprint density at radius 1 is 0.294 bits per heavy atom. The topological polar surface area (TPSA) is 0 Å². The highest BCUT2D eigenvalue weighted by Gasteiger charge is 2.16. The second kappa shape index (κ2) is 14.5. The van der Waals surface area contributed by atoms with Crippen LogP contribution in [0.15, 0.2) is 194 Å². The standard InChI is InChI=1S/C50H37Cl/c1-2-35-31-45(39-17-9-4-10-18-39)46(32-44(35)38-15-7-3-8-16-38)42-27-23-36(24-28-42)37-25-29-43(30-26-37)47-33-49(41-21-13-6-14-22-41)50(51)34-48(47)40-19-11-5-12-20-40/h3-34H,2H2,1H3. The van der Waals surface area contributed by atoms with E-state index in [2.05, 4.69) is 189 Å². The minimum absolute atomic E-state index is 0.746. The minimum atomic E-state index is 0.746. The number of aryl methyl sites for hydroxylation is 1. The first-order valence-electron chi connectivity index (χ1n) is 17.6. The summed E-state index contributed by atoms with van der Waals surface area (Å²) in [6.45, 7) is 2.24. The van der Waals surface area contributed by atoms with Gasteiger partial charge in [-0.05, 0) is 109 Å². The van der Waals surface area contributed by atoms with Gasteiger partial charge in [0.1, 0.15) is 0 Å². The van der Waals surface area contributed by atoms with Gasteiger partial charge in [0, 0.05) is 10.6 Å². The lowest BCUT2D eigenvalue weighted by molar-refractivity contribution is 1.14. The van der Waals surface area contributed by atoms with Gasteiger partial charge in [-0.25, -0.2) is 0 Å². The van der Waals surface area contributed by atoms with Crippen molar-refractivity contribution < 1.29 is 0 Å². The van der Waals surface area contributed by atoms with Crippen molar-refractivity contribution in [1.82, 2.24) is 0 Å². The first-order valence-corrected chi connectivity index (χ1v) is 18.0. The van der Waals surface area contributed by atoms with Crippen LogP contribution in [0.2, 0.25) is 5.02 Å². The summed E-state index contributed by atoms with van der Waals surface area (Å²) in [5, 5.41) is 0.746. The van der Waals surface area contributed by atoms with E-state index in [0.717, 1.165) is 44.8 Å². The fourth-order valence-electron chi connectivity index (χ4n) is 7.11. The second-order valence-corrected chi connectivity index (χ2v) is 13.3. The Kier molecular flexibility index (Phi) is 9.17. The third kappa shape index (κ3) is 6.67. The maximum absolute atomic E-state index is 6.93. The Hall–Kier alpha value is -5.95. The van der Waals surface area contributed by atoms with Gasteiger partial charge in [0.25, 0.3) is 0 Å². The smallest absolute Gasteiger partial charge is 0.0491 e. The predicted octanol–water partition coefficient (Wildman–Crippen LogP) is 14.6. The molecule has 0 nitrogen and oxygen atoms in total. The monoisotopic (exact) mass is 672 g/mol. The molecule has 0 atom stereocenters. The zero-order chi connectivity index (χ0) is 34.6. The highest BCUT2D eigenvalue weighted by atomic mass is 35.5. The predicted molar refractivity (Wildman–Crippen MR) is 219 cm³/mol. The van der Waals surface area contributed by atoms with Gasteiger partial charge in [-0.1, -0.05) is 188 Å². The van der Waals surface area contributed by atoms with Crippen LogP contribution in [0.25, 0.3) is 77.9 Å². The summed E-state index contributed by atoms with van der Waals surface area (Å²) in [6.07, 6.45) is 0.968. The molecular formula is C50H37Cl. The van der Waals surface area contributed by atoms with Crippen molar-refractivity contribution >= 4 is 11.6 Å². The normalized spacial score (nSPS) is 11.0. The zero-order valence-electron chi connectivity index (χ0n) is 28.6. The van der Waals surface area contributed by atoms with Gasteiger partial charge in [-0.15, -0.1) is 0 Å². The van der Waals surface area contributed by atoms with Gasteiger partial charge >= 0.3 is 0 Å². The van der Waals surface area contributed by atoms with E-state index in [-0.39, 0.29) is 0 Å². The van der Waals surface area contributed by atoms with E-state index in [4.69, 9.17) is 11.6 Å². The fraction of sp³-hybridized carbons (Fsp3) is 0.0400. The van der Waals surface area contributed by atoms with E-state index < -0.39 is 0 Å². The summed E-state index contributed by atoms with van der Waals surface area (Å²) in [7, 11) is 0. The Morgan fingerprint density at radius 3 is 1.00 bits per heavy atom. The van der Waals surface area contributed by atoms with Crippen LogP contribution in [0.5, 0.6) is 0 Å². The number of halogens is 1. The third-order valence-electron chi connectivity index (χ3n) is 9.80. The molecule has 0 saturated heterocycles. The van der Waals surface area contributed by atoms with E-state index in [1.807, 2.05) is 12.1 Å². The summed E-state index contributed by atoms with van der Waals surface area (Å²) in [5.41, 5.74) is 17.9. The first kappa shape index (κ1) is 32.3. The van der Waals surface area contributed by atoms with Gasteiger partial charge in [-0.2, -0.15) is 0 Å². The lowest BCUT2D eigenvalue weighted by Crippen LogP contribution is -1.94. The number of rotatable bonds is 8. The molecule has 8 rings (SSSR count). The van der Waals surface area contributed by atoms with E-state index >= 15 is 0 Å². The molecular weight excluding hydrogens is 636 g/mol. The Bertz CT molecular complexity index is 2390. The Morgan fingerprint density at radius 2 is 0.588 bits per heavy atom. The summed E-state index contributed by atoms with van der Waals surface area (Å²) in [4.78, 5) is 0. The van der Waals surface area contributed by atoms with Crippen molar-refractivity contribution in [2.45, 2.75) is 13.3 Å². The average Bonchev–Trinajstić information content (AvgIpc) is 3.21. The van der Waals surface area contributed by atoms with Crippen LogP contribution in [0, 0.1) is 0 Å². The van der Waals surface area contributed by atoms with Crippen LogP contribution in [0.3, 0.4) is 0 Å². The van der Waals surface area contributed by atoms with Crippen molar-refractivity contribution in [3.05, 3.63) is 205 Å². The van der Waals surface area contributed by atoms with E-state index in [1.165, 1.54) is 50.1 Å². The van der Waals surface area contributed by atoms with Gasteiger partial charge in [0.05, 0.1) is 0 Å². The molecule has 244 valence electrons. The van der Waals surface area contributed by atoms with E-state index in [1.54, 1.807) is 0 Å². The molecule has 0 aliphatic rings. The molecule has 0 bridgehead atoms. The average molecular weight is 673 g/mol. The molecule has 0 heterocycles. The minimum Gasteiger partial charge on any atom is -0.0836 e. The lowest BCUT2D eigenvalue weighted by atomic mass is 9.86. The molecule has 0 saturated carbocycles. The molecule has 0 aliphatic carbocycles. The summed E-state index contributed by atoms with van der Waals surface area (Å²) in [5.74, 6) is 0. The number of hydrogen-bond donors (Lipinski definition) is 0. The van der Waals surface area contributed by atoms with Gasteiger partial charge in [0.15, 0.2) is 0 Å². The van der Waals surface area contributed by atoms with Gasteiger partial charge in [0.2, 0.25) is 0 Å². The zero-order valence-corrected chi connectivity index (χ0v) is 29.3. The Balaban J connectivity index is 1.17. The largest absolute Gasteiger partial charge is 0.0836 e. The molecule has 8 aromatic carbocycles. The molecule has 0 fully saturated rings. The molecule has 0 amide bonds. The summed E-state index contributed by atoms with van der Waals surface area (Å²) >= 11 is 6.93. The molecule has 51 heavy (non-hydrogen) atoms. The highest BCUT2D eigenvalue weighted by molar-refractivity contribution is 6.34. The lowest BCUT2D eigenvalue weighted by Gasteiger charge is -2.18. The summed E-state index contributed by atoms with van der Waals surface area (Å²) in [6, 6.07) is 69.5. The van der Waals surface area contributed by atoms with Crippen molar-refractivity contribution in [2.24, 2.45) is 0 Å². The number of hydrogen-bond acceptors (Lipinski definition) is 0. The van der Waals surface area contributed by atoms with Crippen molar-refractivity contribution in [1.29, 1.82) is 0 Å².